The maximum Gasteiger partial charge on any atom is 0.316 e. The number of rotatable bonds is 6. The lowest BCUT2D eigenvalue weighted by atomic mass is 10.2. The molecule has 0 unspecified atom stereocenters. The fraction of sp³-hybridized carbons (Fsp3) is 0.286. The molecule has 0 bridgehead atoms. The van der Waals surface area contributed by atoms with E-state index in [4.69, 9.17) is 4.74 Å². The Balaban J connectivity index is 2.16. The molecule has 6 nitrogen and oxygen atoms in total. The first-order chi connectivity index (χ1) is 10.0. The van der Waals surface area contributed by atoms with E-state index < -0.39 is 10.0 Å². The highest BCUT2D eigenvalue weighted by Gasteiger charge is 2.14. The molecule has 0 atom stereocenters. The van der Waals surface area contributed by atoms with Crippen LogP contribution in [0.2, 0.25) is 0 Å². The van der Waals surface area contributed by atoms with Gasteiger partial charge in [-0.3, -0.25) is 4.72 Å². The quantitative estimate of drug-likeness (QED) is 0.885. The van der Waals surface area contributed by atoms with Gasteiger partial charge in [0, 0.05) is 0 Å². The minimum Gasteiger partial charge on any atom is -0.464 e. The number of hydrogen-bond acceptors (Lipinski definition) is 5. The van der Waals surface area contributed by atoms with Crippen LogP contribution in [0.1, 0.15) is 19.4 Å². The summed E-state index contributed by atoms with van der Waals surface area (Å²) in [5.74, 6) is 0. The van der Waals surface area contributed by atoms with Crippen molar-refractivity contribution in [3.63, 3.8) is 0 Å². The number of benzene rings is 1. The van der Waals surface area contributed by atoms with Crippen LogP contribution >= 0.6 is 0 Å². The lowest BCUT2D eigenvalue weighted by molar-refractivity contribution is 0.312. The van der Waals surface area contributed by atoms with E-state index in [9.17, 15) is 8.42 Å². The average molecular weight is 307 g/mol. The molecule has 0 saturated carbocycles. The van der Waals surface area contributed by atoms with E-state index in [0.29, 0.717) is 6.61 Å². The van der Waals surface area contributed by atoms with Crippen LogP contribution in [0.5, 0.6) is 6.01 Å². The first kappa shape index (κ1) is 15.2. The summed E-state index contributed by atoms with van der Waals surface area (Å²) in [6.45, 7) is 4.29. The highest BCUT2D eigenvalue weighted by atomic mass is 32.2. The van der Waals surface area contributed by atoms with Crippen molar-refractivity contribution in [2.45, 2.75) is 25.2 Å². The van der Waals surface area contributed by atoms with Crippen LogP contribution < -0.4 is 9.46 Å². The molecular formula is C14H17N3O3S. The van der Waals surface area contributed by atoms with Crippen molar-refractivity contribution < 1.29 is 13.2 Å². The van der Waals surface area contributed by atoms with Crippen LogP contribution in [0.25, 0.3) is 0 Å². The molecule has 1 aromatic carbocycles. The van der Waals surface area contributed by atoms with Crippen molar-refractivity contribution >= 4 is 15.7 Å². The Morgan fingerprint density at radius 1 is 1.10 bits per heavy atom. The van der Waals surface area contributed by atoms with Crippen molar-refractivity contribution in [2.24, 2.45) is 0 Å². The molecule has 0 saturated heterocycles. The van der Waals surface area contributed by atoms with E-state index in [-0.39, 0.29) is 16.6 Å². The summed E-state index contributed by atoms with van der Waals surface area (Å²) >= 11 is 0. The molecule has 7 heteroatoms. The second-order valence-corrected chi connectivity index (χ2v) is 5.97. The van der Waals surface area contributed by atoms with Crippen LogP contribution in [0.15, 0.2) is 41.6 Å². The molecule has 2 rings (SSSR count). The molecule has 1 heterocycles. The third-order valence-corrected chi connectivity index (χ3v) is 4.19. The van der Waals surface area contributed by atoms with E-state index in [1.165, 1.54) is 12.4 Å². The standard InChI is InChI=1S/C14H17N3O3S/c1-3-11-5-7-13(8-6-11)21(18,19)17-12-9-15-14(16-10-12)20-4-2/h5-10,17H,3-4H2,1-2H3. The fourth-order valence-electron chi connectivity index (χ4n) is 1.69. The maximum absolute atomic E-state index is 12.2. The zero-order valence-corrected chi connectivity index (χ0v) is 12.7. The molecular weight excluding hydrogens is 290 g/mol. The Labute approximate surface area is 124 Å². The zero-order valence-electron chi connectivity index (χ0n) is 11.9. The molecule has 1 aromatic heterocycles. The average Bonchev–Trinajstić information content (AvgIpc) is 2.49. The Bertz CT molecular complexity index is 682. The highest BCUT2D eigenvalue weighted by Crippen LogP contribution is 2.16. The minimum absolute atomic E-state index is 0.202. The second-order valence-electron chi connectivity index (χ2n) is 4.29. The summed E-state index contributed by atoms with van der Waals surface area (Å²) in [5, 5.41) is 0. The largest absolute Gasteiger partial charge is 0.464 e. The molecule has 0 amide bonds. The molecule has 1 N–H and O–H groups in total. The number of aryl methyl sites for hydroxylation is 1. The summed E-state index contributed by atoms with van der Waals surface area (Å²) in [5.41, 5.74) is 1.37. The van der Waals surface area contributed by atoms with Gasteiger partial charge in [-0.25, -0.2) is 18.4 Å². The Morgan fingerprint density at radius 2 is 1.71 bits per heavy atom. The summed E-state index contributed by atoms with van der Waals surface area (Å²) in [4.78, 5) is 8.03. The van der Waals surface area contributed by atoms with Crippen LogP contribution in [-0.2, 0) is 16.4 Å². The van der Waals surface area contributed by atoms with Gasteiger partial charge in [-0.15, -0.1) is 0 Å². The van der Waals surface area contributed by atoms with E-state index in [0.717, 1.165) is 12.0 Å². The topological polar surface area (TPSA) is 81.2 Å². The summed E-state index contributed by atoms with van der Waals surface area (Å²) < 4.78 is 32.0. The normalized spacial score (nSPS) is 11.1. The number of ether oxygens (including phenoxy) is 1. The Morgan fingerprint density at radius 3 is 2.24 bits per heavy atom. The number of aromatic nitrogens is 2. The number of nitrogens with one attached hydrogen (secondary N) is 1. The maximum atomic E-state index is 12.2. The molecule has 0 radical (unpaired) electrons. The van der Waals surface area contributed by atoms with Crippen molar-refractivity contribution in [1.29, 1.82) is 0 Å². The molecule has 0 fully saturated rings. The lowest BCUT2D eigenvalue weighted by Gasteiger charge is -2.08. The van der Waals surface area contributed by atoms with Gasteiger partial charge in [0.1, 0.15) is 0 Å². The van der Waals surface area contributed by atoms with Gasteiger partial charge in [-0.05, 0) is 31.0 Å². The molecule has 0 spiro atoms. The van der Waals surface area contributed by atoms with E-state index in [1.54, 1.807) is 24.3 Å². The number of sulfonamides is 1. The highest BCUT2D eigenvalue weighted by molar-refractivity contribution is 7.92. The molecule has 0 aliphatic carbocycles. The van der Waals surface area contributed by atoms with Crippen molar-refractivity contribution in [3.8, 4) is 6.01 Å². The Hall–Kier alpha value is -2.15. The fourth-order valence-corrected chi connectivity index (χ4v) is 2.72. The van der Waals surface area contributed by atoms with Gasteiger partial charge in [-0.1, -0.05) is 19.1 Å². The smallest absolute Gasteiger partial charge is 0.316 e. The third kappa shape index (κ3) is 3.91. The van der Waals surface area contributed by atoms with Crippen molar-refractivity contribution in [2.75, 3.05) is 11.3 Å². The van der Waals surface area contributed by atoms with Crippen molar-refractivity contribution in [1.82, 2.24) is 9.97 Å². The monoisotopic (exact) mass is 307 g/mol. The van der Waals surface area contributed by atoms with Crippen molar-refractivity contribution in [3.05, 3.63) is 42.2 Å². The summed E-state index contributed by atoms with van der Waals surface area (Å²) in [7, 11) is -3.63. The van der Waals surface area contributed by atoms with Crippen LogP contribution in [0.4, 0.5) is 5.69 Å². The number of nitrogens with zero attached hydrogens (tertiary/aromatic N) is 2. The van der Waals surface area contributed by atoms with E-state index in [2.05, 4.69) is 14.7 Å². The first-order valence-corrected chi connectivity index (χ1v) is 8.10. The predicted octanol–water partition coefficient (Wildman–Crippen LogP) is 2.24. The van der Waals surface area contributed by atoms with Gasteiger partial charge in [0.25, 0.3) is 10.0 Å². The lowest BCUT2D eigenvalue weighted by Crippen LogP contribution is -2.13. The van der Waals surface area contributed by atoms with Gasteiger partial charge in [0.2, 0.25) is 0 Å². The Kier molecular flexibility index (Phi) is 4.74. The van der Waals surface area contributed by atoms with E-state index in [1.807, 2.05) is 13.8 Å². The molecule has 0 aliphatic rings. The number of anilines is 1. The molecule has 2 aromatic rings. The molecule has 112 valence electrons. The third-order valence-electron chi connectivity index (χ3n) is 2.80. The molecule has 0 aliphatic heterocycles. The second kappa shape index (κ2) is 6.53. The van der Waals surface area contributed by atoms with Gasteiger partial charge in [0.05, 0.1) is 29.6 Å². The number of hydrogen-bond donors (Lipinski definition) is 1. The van der Waals surface area contributed by atoms with Crippen LogP contribution in [0, 0.1) is 0 Å². The zero-order chi connectivity index (χ0) is 15.3. The van der Waals surface area contributed by atoms with Gasteiger partial charge < -0.3 is 4.74 Å². The van der Waals surface area contributed by atoms with Crippen LogP contribution in [0.3, 0.4) is 0 Å². The predicted molar refractivity (Wildman–Crippen MR) is 79.8 cm³/mol. The van der Waals surface area contributed by atoms with Gasteiger partial charge in [-0.2, -0.15) is 0 Å². The van der Waals surface area contributed by atoms with Gasteiger partial charge >= 0.3 is 6.01 Å². The minimum atomic E-state index is -3.63. The van der Waals surface area contributed by atoms with Gasteiger partial charge in [0.15, 0.2) is 0 Å². The molecule has 21 heavy (non-hydrogen) atoms. The van der Waals surface area contributed by atoms with Crippen LogP contribution in [-0.4, -0.2) is 25.0 Å². The van der Waals surface area contributed by atoms with E-state index >= 15 is 0 Å². The SMILES string of the molecule is CCOc1ncc(NS(=O)(=O)c2ccc(CC)cc2)cn1. The summed E-state index contributed by atoms with van der Waals surface area (Å²) in [6, 6.07) is 6.97. The first-order valence-electron chi connectivity index (χ1n) is 6.61. The summed E-state index contributed by atoms with van der Waals surface area (Å²) in [6.07, 6.45) is 3.60.